The second kappa shape index (κ2) is 8.36. The van der Waals surface area contributed by atoms with Crippen molar-refractivity contribution in [2.45, 2.75) is 26.2 Å². The molecular formula is C20H22BrN3O2. The maximum absolute atomic E-state index is 12.1. The monoisotopic (exact) mass is 415 g/mol. The van der Waals surface area contributed by atoms with Crippen LogP contribution in [0.3, 0.4) is 0 Å². The molecule has 0 bridgehead atoms. The van der Waals surface area contributed by atoms with E-state index in [1.54, 1.807) is 6.07 Å². The fourth-order valence-corrected chi connectivity index (χ4v) is 3.25. The van der Waals surface area contributed by atoms with E-state index in [9.17, 15) is 9.59 Å². The molecule has 1 saturated heterocycles. The molecule has 2 amide bonds. The van der Waals surface area contributed by atoms with Crippen molar-refractivity contribution in [2.24, 2.45) is 0 Å². The van der Waals surface area contributed by atoms with Gasteiger partial charge in [0.25, 0.3) is 0 Å². The molecule has 0 spiro atoms. The highest BCUT2D eigenvalue weighted by Gasteiger charge is 2.15. The van der Waals surface area contributed by atoms with Gasteiger partial charge < -0.3 is 15.5 Å². The normalized spacial score (nSPS) is 14.0. The number of anilines is 3. The van der Waals surface area contributed by atoms with Gasteiger partial charge in [0.15, 0.2) is 0 Å². The third-order valence-electron chi connectivity index (χ3n) is 4.47. The molecule has 1 aliphatic heterocycles. The van der Waals surface area contributed by atoms with Crippen molar-refractivity contribution in [2.75, 3.05) is 28.6 Å². The number of benzene rings is 2. The van der Waals surface area contributed by atoms with Gasteiger partial charge in [-0.3, -0.25) is 9.59 Å². The van der Waals surface area contributed by atoms with Crippen LogP contribution in [0.2, 0.25) is 0 Å². The largest absolute Gasteiger partial charge is 0.372 e. The summed E-state index contributed by atoms with van der Waals surface area (Å²) in [5, 5.41) is 5.25. The summed E-state index contributed by atoms with van der Waals surface area (Å²) in [5.41, 5.74) is 3.33. The van der Waals surface area contributed by atoms with Gasteiger partial charge in [-0.25, -0.2) is 0 Å². The van der Waals surface area contributed by atoms with Crippen molar-refractivity contribution >= 4 is 44.8 Å². The molecular weight excluding hydrogens is 394 g/mol. The zero-order chi connectivity index (χ0) is 18.5. The zero-order valence-corrected chi connectivity index (χ0v) is 16.3. The lowest BCUT2D eigenvalue weighted by Gasteiger charge is -2.28. The Morgan fingerprint density at radius 2 is 1.46 bits per heavy atom. The Labute approximate surface area is 161 Å². The maximum Gasteiger partial charge on any atom is 0.314 e. The van der Waals surface area contributed by atoms with Crippen molar-refractivity contribution in [3.8, 4) is 0 Å². The summed E-state index contributed by atoms with van der Waals surface area (Å²) < 4.78 is 0.953. The summed E-state index contributed by atoms with van der Waals surface area (Å²) in [4.78, 5) is 26.5. The molecule has 0 atom stereocenters. The SMILES string of the molecule is Cc1cc(NC(=O)C(=O)Nc2ccc(N3CCCCC3)cc2)ccc1Br. The van der Waals surface area contributed by atoms with Crippen LogP contribution in [-0.4, -0.2) is 24.9 Å². The maximum atomic E-state index is 12.1. The minimum atomic E-state index is -0.688. The van der Waals surface area contributed by atoms with Gasteiger partial charge in [0, 0.05) is 34.6 Å². The van der Waals surface area contributed by atoms with E-state index >= 15 is 0 Å². The number of piperidine rings is 1. The Bertz CT molecular complexity index is 799. The van der Waals surface area contributed by atoms with E-state index in [1.165, 1.54) is 19.3 Å². The van der Waals surface area contributed by atoms with Crippen molar-refractivity contribution in [1.29, 1.82) is 0 Å². The summed E-state index contributed by atoms with van der Waals surface area (Å²) in [6, 6.07) is 13.0. The third kappa shape index (κ3) is 4.64. The molecule has 1 heterocycles. The van der Waals surface area contributed by atoms with E-state index in [2.05, 4.69) is 31.5 Å². The Morgan fingerprint density at radius 1 is 0.885 bits per heavy atom. The second-order valence-corrected chi connectivity index (χ2v) is 7.32. The molecule has 2 N–H and O–H groups in total. The lowest BCUT2D eigenvalue weighted by molar-refractivity contribution is -0.132. The van der Waals surface area contributed by atoms with E-state index in [1.807, 2.05) is 43.3 Å². The number of rotatable bonds is 3. The molecule has 1 aliphatic rings. The van der Waals surface area contributed by atoms with Gasteiger partial charge in [0.2, 0.25) is 0 Å². The van der Waals surface area contributed by atoms with Gasteiger partial charge in [0.1, 0.15) is 0 Å². The predicted molar refractivity (Wildman–Crippen MR) is 109 cm³/mol. The van der Waals surface area contributed by atoms with E-state index in [4.69, 9.17) is 0 Å². The lowest BCUT2D eigenvalue weighted by atomic mass is 10.1. The summed E-state index contributed by atoms with van der Waals surface area (Å²) >= 11 is 3.41. The molecule has 5 nitrogen and oxygen atoms in total. The molecule has 0 aromatic heterocycles. The first-order valence-electron chi connectivity index (χ1n) is 8.76. The van der Waals surface area contributed by atoms with Crippen LogP contribution >= 0.6 is 15.9 Å². The Morgan fingerprint density at radius 3 is 2.08 bits per heavy atom. The fraction of sp³-hybridized carbons (Fsp3) is 0.300. The van der Waals surface area contributed by atoms with Crippen LogP contribution < -0.4 is 15.5 Å². The van der Waals surface area contributed by atoms with Crippen molar-refractivity contribution in [3.05, 3.63) is 52.5 Å². The number of halogens is 1. The second-order valence-electron chi connectivity index (χ2n) is 6.47. The van der Waals surface area contributed by atoms with Crippen LogP contribution in [0.5, 0.6) is 0 Å². The van der Waals surface area contributed by atoms with Crippen LogP contribution in [0.4, 0.5) is 17.1 Å². The molecule has 3 rings (SSSR count). The van der Waals surface area contributed by atoms with Crippen LogP contribution in [0.1, 0.15) is 24.8 Å². The minimum Gasteiger partial charge on any atom is -0.372 e. The number of hydrogen-bond donors (Lipinski definition) is 2. The number of carbonyl (C=O) groups is 2. The van der Waals surface area contributed by atoms with E-state index in [0.29, 0.717) is 11.4 Å². The first-order chi connectivity index (χ1) is 12.5. The molecule has 6 heteroatoms. The molecule has 2 aromatic carbocycles. The molecule has 2 aromatic rings. The summed E-state index contributed by atoms with van der Waals surface area (Å²) in [5.74, 6) is -1.37. The van der Waals surface area contributed by atoms with E-state index < -0.39 is 11.8 Å². The van der Waals surface area contributed by atoms with Gasteiger partial charge >= 0.3 is 11.8 Å². The first kappa shape index (κ1) is 18.5. The summed E-state index contributed by atoms with van der Waals surface area (Å²) in [6.45, 7) is 4.06. The van der Waals surface area contributed by atoms with Gasteiger partial charge in [-0.05, 0) is 74.2 Å². The quantitative estimate of drug-likeness (QED) is 0.733. The molecule has 136 valence electrons. The highest BCUT2D eigenvalue weighted by Crippen LogP contribution is 2.22. The molecule has 1 fully saturated rings. The molecule has 26 heavy (non-hydrogen) atoms. The number of nitrogens with zero attached hydrogens (tertiary/aromatic N) is 1. The van der Waals surface area contributed by atoms with E-state index in [-0.39, 0.29) is 0 Å². The minimum absolute atomic E-state index is 0.589. The average Bonchev–Trinajstić information content (AvgIpc) is 2.66. The van der Waals surface area contributed by atoms with Crippen LogP contribution in [-0.2, 0) is 9.59 Å². The number of amides is 2. The lowest BCUT2D eigenvalue weighted by Crippen LogP contribution is -2.30. The molecule has 0 unspecified atom stereocenters. The number of aryl methyl sites for hydroxylation is 1. The smallest absolute Gasteiger partial charge is 0.314 e. The topological polar surface area (TPSA) is 61.4 Å². The van der Waals surface area contributed by atoms with Crippen LogP contribution in [0.15, 0.2) is 46.9 Å². The summed E-state index contributed by atoms with van der Waals surface area (Å²) in [7, 11) is 0. The van der Waals surface area contributed by atoms with E-state index in [0.717, 1.165) is 28.8 Å². The predicted octanol–water partition coefficient (Wildman–Crippen LogP) is 4.33. The van der Waals surface area contributed by atoms with Crippen LogP contribution in [0.25, 0.3) is 0 Å². The van der Waals surface area contributed by atoms with Crippen molar-refractivity contribution < 1.29 is 9.59 Å². The highest BCUT2D eigenvalue weighted by atomic mass is 79.9. The summed E-state index contributed by atoms with van der Waals surface area (Å²) in [6.07, 6.45) is 3.72. The Balaban J connectivity index is 1.58. The first-order valence-corrected chi connectivity index (χ1v) is 9.56. The Kier molecular flexibility index (Phi) is 5.93. The zero-order valence-electron chi connectivity index (χ0n) is 14.7. The van der Waals surface area contributed by atoms with Crippen LogP contribution in [0, 0.1) is 6.92 Å². The van der Waals surface area contributed by atoms with Crippen molar-refractivity contribution in [1.82, 2.24) is 0 Å². The van der Waals surface area contributed by atoms with Crippen molar-refractivity contribution in [3.63, 3.8) is 0 Å². The van der Waals surface area contributed by atoms with Gasteiger partial charge in [-0.2, -0.15) is 0 Å². The highest BCUT2D eigenvalue weighted by molar-refractivity contribution is 9.10. The van der Waals surface area contributed by atoms with Gasteiger partial charge in [-0.15, -0.1) is 0 Å². The van der Waals surface area contributed by atoms with Gasteiger partial charge in [0.05, 0.1) is 0 Å². The third-order valence-corrected chi connectivity index (χ3v) is 5.36. The number of carbonyl (C=O) groups excluding carboxylic acids is 2. The Hall–Kier alpha value is -2.34. The molecule has 0 saturated carbocycles. The van der Waals surface area contributed by atoms with Gasteiger partial charge in [-0.1, -0.05) is 15.9 Å². The standard InChI is InChI=1S/C20H22BrN3O2/c1-14-13-16(7-10-18(14)21)23-20(26)19(25)22-15-5-8-17(9-6-15)24-11-3-2-4-12-24/h5-10,13H,2-4,11-12H2,1H3,(H,22,25)(H,23,26). The molecule has 0 aliphatic carbocycles. The fourth-order valence-electron chi connectivity index (χ4n) is 3.01. The number of hydrogen-bond acceptors (Lipinski definition) is 3. The molecule has 0 radical (unpaired) electrons. The number of nitrogens with one attached hydrogen (secondary N) is 2. The average molecular weight is 416 g/mol.